The lowest BCUT2D eigenvalue weighted by atomic mass is 9.93. The molecule has 2 heterocycles. The first-order chi connectivity index (χ1) is 17.1. The van der Waals surface area contributed by atoms with E-state index in [1.165, 1.54) is 29.7 Å². The second kappa shape index (κ2) is 11.0. The number of carbonyl (C=O) groups is 1. The Hall–Kier alpha value is -2.94. The van der Waals surface area contributed by atoms with E-state index in [9.17, 15) is 18.0 Å². The van der Waals surface area contributed by atoms with Gasteiger partial charge < -0.3 is 15.2 Å². The van der Waals surface area contributed by atoms with Crippen molar-refractivity contribution in [2.24, 2.45) is 5.92 Å². The second-order valence-corrected chi connectivity index (χ2v) is 10.5. The lowest BCUT2D eigenvalue weighted by Crippen LogP contribution is -2.38. The molecule has 1 N–H and O–H groups in total. The van der Waals surface area contributed by atoms with E-state index in [4.69, 9.17) is 5.41 Å². The maximum atomic E-state index is 13.2. The summed E-state index contributed by atoms with van der Waals surface area (Å²) in [5.74, 6) is 0.621. The highest BCUT2D eigenvalue weighted by atomic mass is 32.1. The molecule has 0 saturated carbocycles. The molecule has 192 valence electrons. The van der Waals surface area contributed by atoms with E-state index >= 15 is 0 Å². The fourth-order valence-electron chi connectivity index (χ4n) is 4.72. The van der Waals surface area contributed by atoms with Gasteiger partial charge in [0.2, 0.25) is 5.91 Å². The second-order valence-electron chi connectivity index (χ2n) is 9.49. The van der Waals surface area contributed by atoms with Crippen molar-refractivity contribution in [3.8, 4) is 0 Å². The molecule has 9 heteroatoms. The number of fused-ring (bicyclic) bond motifs is 1. The SMILES string of the molecule is CC(=O)N1CCC(CCN(CCc2ccc(C=N)c(C)c2)c2nc3ccc(C(F)(F)F)cc3s2)CC1. The first-order valence-corrected chi connectivity index (χ1v) is 13.0. The fraction of sp³-hybridized carbons (Fsp3) is 0.444. The standard InChI is InChI=1S/C27H31F3N4OS/c1-18-15-21(3-4-22(18)17-31)10-14-34(13-9-20-7-11-33(12-8-20)19(2)35)26-32-24-6-5-23(27(28,29)30)16-25(24)36-26/h3-6,15-17,20,31H,7-14H2,1-2H3. The summed E-state index contributed by atoms with van der Waals surface area (Å²) >= 11 is 1.30. The highest BCUT2D eigenvalue weighted by Crippen LogP contribution is 2.36. The van der Waals surface area contributed by atoms with Crippen LogP contribution >= 0.6 is 11.3 Å². The van der Waals surface area contributed by atoms with Crippen LogP contribution in [0.5, 0.6) is 0 Å². The molecule has 5 nitrogen and oxygen atoms in total. The predicted octanol–water partition coefficient (Wildman–Crippen LogP) is 6.32. The molecular formula is C27H31F3N4OS. The number of nitrogens with zero attached hydrogens (tertiary/aromatic N) is 3. The minimum absolute atomic E-state index is 0.118. The van der Waals surface area contributed by atoms with E-state index < -0.39 is 11.7 Å². The van der Waals surface area contributed by atoms with Crippen molar-refractivity contribution in [3.63, 3.8) is 0 Å². The molecule has 1 aliphatic rings. The monoisotopic (exact) mass is 516 g/mol. The number of amides is 1. The van der Waals surface area contributed by atoms with Crippen LogP contribution < -0.4 is 4.90 Å². The van der Waals surface area contributed by atoms with Crippen LogP contribution in [0, 0.1) is 18.3 Å². The molecule has 3 aromatic rings. The topological polar surface area (TPSA) is 60.3 Å². The number of piperidine rings is 1. The molecule has 1 aliphatic heterocycles. The smallest absolute Gasteiger partial charge is 0.348 e. The summed E-state index contributed by atoms with van der Waals surface area (Å²) in [6.45, 7) is 6.60. The van der Waals surface area contributed by atoms with Crippen LogP contribution in [0.15, 0.2) is 36.4 Å². The van der Waals surface area contributed by atoms with E-state index in [2.05, 4.69) is 16.0 Å². The normalized spacial score (nSPS) is 14.9. The lowest BCUT2D eigenvalue weighted by molar-refractivity contribution is -0.137. The molecule has 0 atom stereocenters. The maximum absolute atomic E-state index is 13.2. The Morgan fingerprint density at radius 1 is 1.19 bits per heavy atom. The Morgan fingerprint density at radius 2 is 1.94 bits per heavy atom. The van der Waals surface area contributed by atoms with E-state index in [0.717, 1.165) is 73.2 Å². The van der Waals surface area contributed by atoms with Gasteiger partial charge in [0.05, 0.1) is 15.8 Å². The van der Waals surface area contributed by atoms with Crippen molar-refractivity contribution in [1.29, 1.82) is 5.41 Å². The van der Waals surface area contributed by atoms with Gasteiger partial charge in [0.1, 0.15) is 0 Å². The van der Waals surface area contributed by atoms with Crippen molar-refractivity contribution in [2.75, 3.05) is 31.1 Å². The number of nitrogens with one attached hydrogen (secondary N) is 1. The van der Waals surface area contributed by atoms with Crippen LogP contribution in [-0.2, 0) is 17.4 Å². The summed E-state index contributed by atoms with van der Waals surface area (Å²) in [5, 5.41) is 8.23. The highest BCUT2D eigenvalue weighted by molar-refractivity contribution is 7.22. The largest absolute Gasteiger partial charge is 0.416 e. The summed E-state index contributed by atoms with van der Waals surface area (Å²) in [7, 11) is 0. The van der Waals surface area contributed by atoms with Crippen molar-refractivity contribution in [1.82, 2.24) is 9.88 Å². The molecule has 0 radical (unpaired) electrons. The molecule has 1 fully saturated rings. The first kappa shape index (κ1) is 26.1. The molecular weight excluding hydrogens is 485 g/mol. The van der Waals surface area contributed by atoms with Crippen molar-refractivity contribution in [3.05, 3.63) is 58.7 Å². The molecule has 1 amide bonds. The Balaban J connectivity index is 1.51. The van der Waals surface area contributed by atoms with Gasteiger partial charge in [0, 0.05) is 39.3 Å². The number of anilines is 1. The van der Waals surface area contributed by atoms with Crippen LogP contribution in [-0.4, -0.2) is 48.2 Å². The minimum Gasteiger partial charge on any atom is -0.348 e. The van der Waals surface area contributed by atoms with Gasteiger partial charge in [0.15, 0.2) is 5.13 Å². The highest BCUT2D eigenvalue weighted by Gasteiger charge is 2.31. The quantitative estimate of drug-likeness (QED) is 0.357. The Bertz CT molecular complexity index is 1230. The zero-order valence-electron chi connectivity index (χ0n) is 20.6. The summed E-state index contributed by atoms with van der Waals surface area (Å²) < 4.78 is 40.2. The van der Waals surface area contributed by atoms with Gasteiger partial charge in [-0.3, -0.25) is 4.79 Å². The van der Waals surface area contributed by atoms with Crippen LogP contribution in [0.2, 0.25) is 0 Å². The van der Waals surface area contributed by atoms with Crippen molar-refractivity contribution < 1.29 is 18.0 Å². The number of carbonyl (C=O) groups excluding carboxylic acids is 1. The van der Waals surface area contributed by atoms with Crippen molar-refractivity contribution in [2.45, 2.75) is 45.7 Å². The van der Waals surface area contributed by atoms with Gasteiger partial charge in [0.25, 0.3) is 0 Å². The molecule has 36 heavy (non-hydrogen) atoms. The number of thiazole rings is 1. The summed E-state index contributed by atoms with van der Waals surface area (Å²) in [5.41, 5.74) is 3.01. The van der Waals surface area contributed by atoms with E-state index in [-0.39, 0.29) is 5.91 Å². The lowest BCUT2D eigenvalue weighted by Gasteiger charge is -2.32. The van der Waals surface area contributed by atoms with Crippen LogP contribution in [0.25, 0.3) is 10.2 Å². The average Bonchev–Trinajstić information content (AvgIpc) is 3.27. The fourth-order valence-corrected chi connectivity index (χ4v) is 5.78. The average molecular weight is 517 g/mol. The van der Waals surface area contributed by atoms with Gasteiger partial charge in [-0.1, -0.05) is 29.5 Å². The number of rotatable bonds is 8. The third kappa shape index (κ3) is 6.24. The van der Waals surface area contributed by atoms with Crippen LogP contribution in [0.4, 0.5) is 18.3 Å². The van der Waals surface area contributed by atoms with Gasteiger partial charge in [-0.15, -0.1) is 0 Å². The van der Waals surface area contributed by atoms with Gasteiger partial charge in [-0.25, -0.2) is 4.98 Å². The minimum atomic E-state index is -4.38. The number of hydrogen-bond donors (Lipinski definition) is 1. The maximum Gasteiger partial charge on any atom is 0.416 e. The molecule has 4 rings (SSSR count). The first-order valence-electron chi connectivity index (χ1n) is 12.2. The number of halogens is 3. The van der Waals surface area contributed by atoms with E-state index in [1.807, 2.05) is 24.0 Å². The number of benzene rings is 2. The van der Waals surface area contributed by atoms with Gasteiger partial charge in [-0.2, -0.15) is 13.2 Å². The zero-order valence-corrected chi connectivity index (χ0v) is 21.4. The summed E-state index contributed by atoms with van der Waals surface area (Å²) in [6.07, 6.45) is 0.609. The molecule has 0 unspecified atom stereocenters. The third-order valence-corrected chi connectivity index (χ3v) is 8.08. The number of aryl methyl sites for hydroxylation is 1. The molecule has 1 saturated heterocycles. The van der Waals surface area contributed by atoms with Crippen LogP contribution in [0.1, 0.15) is 48.4 Å². The zero-order chi connectivity index (χ0) is 25.9. The molecule has 1 aromatic heterocycles. The summed E-state index contributed by atoms with van der Waals surface area (Å²) in [6, 6.07) is 9.79. The van der Waals surface area contributed by atoms with Gasteiger partial charge in [-0.05, 0) is 73.4 Å². The molecule has 0 bridgehead atoms. The molecule has 0 aliphatic carbocycles. The molecule has 0 spiro atoms. The van der Waals surface area contributed by atoms with Gasteiger partial charge >= 0.3 is 6.18 Å². The summed E-state index contributed by atoms with van der Waals surface area (Å²) in [4.78, 5) is 20.4. The Kier molecular flexibility index (Phi) is 7.97. The number of alkyl halides is 3. The number of aromatic nitrogens is 1. The van der Waals surface area contributed by atoms with E-state index in [1.54, 1.807) is 6.92 Å². The van der Waals surface area contributed by atoms with Crippen molar-refractivity contribution >= 4 is 38.8 Å². The molecule has 2 aromatic carbocycles. The predicted molar refractivity (Wildman–Crippen MR) is 139 cm³/mol. The number of hydrogen-bond acceptors (Lipinski definition) is 5. The third-order valence-electron chi connectivity index (χ3n) is 7.00. The van der Waals surface area contributed by atoms with E-state index in [0.29, 0.717) is 22.7 Å². The van der Waals surface area contributed by atoms with Crippen LogP contribution in [0.3, 0.4) is 0 Å². The Morgan fingerprint density at radius 3 is 2.58 bits per heavy atom. The Labute approximate surface area is 213 Å². The number of likely N-dealkylation sites (tertiary alicyclic amines) is 1.